The largest absolute Gasteiger partial charge is 0.497 e. The lowest BCUT2D eigenvalue weighted by molar-refractivity contribution is 0.196. The van der Waals surface area contributed by atoms with E-state index < -0.39 is 0 Å². The minimum atomic E-state index is 0. The van der Waals surface area contributed by atoms with E-state index in [4.69, 9.17) is 4.74 Å². The maximum Gasteiger partial charge on any atom is 0.193 e. The molecule has 5 nitrogen and oxygen atoms in total. The van der Waals surface area contributed by atoms with E-state index in [9.17, 15) is 0 Å². The first-order chi connectivity index (χ1) is 11.4. The second kappa shape index (κ2) is 9.62. The average Bonchev–Trinajstić information content (AvgIpc) is 3.05. The number of benzene rings is 1. The number of nitrogens with one attached hydrogen (secondary N) is 1. The van der Waals surface area contributed by atoms with E-state index in [2.05, 4.69) is 60.2 Å². The summed E-state index contributed by atoms with van der Waals surface area (Å²) >= 11 is 0. The summed E-state index contributed by atoms with van der Waals surface area (Å²) in [6, 6.07) is 8.45. The molecular weight excluding hydrogens is 427 g/mol. The Kier molecular flexibility index (Phi) is 8.47. The second-order valence-electron chi connectivity index (χ2n) is 7.31. The minimum Gasteiger partial charge on any atom is -0.497 e. The van der Waals surface area contributed by atoms with Crippen LogP contribution in [0.5, 0.6) is 5.75 Å². The van der Waals surface area contributed by atoms with Crippen molar-refractivity contribution >= 4 is 29.9 Å². The van der Waals surface area contributed by atoms with Gasteiger partial charge in [0.05, 0.1) is 7.11 Å². The number of likely N-dealkylation sites (tertiary alicyclic amines) is 1. The SMILES string of the molecule is CN=C(NCC(C)(C)N(C)C)N1CCC(c2ccc(OC)cc2)C1.I. The van der Waals surface area contributed by atoms with Crippen molar-refractivity contribution in [2.45, 2.75) is 31.7 Å². The van der Waals surface area contributed by atoms with Gasteiger partial charge in [-0.05, 0) is 52.1 Å². The molecular formula is C19H33IN4O. The molecule has 1 aromatic carbocycles. The first-order valence-corrected chi connectivity index (χ1v) is 8.64. The first kappa shape index (κ1) is 22.0. The third-order valence-electron chi connectivity index (χ3n) is 5.18. The number of guanidine groups is 1. The molecule has 6 heteroatoms. The maximum absolute atomic E-state index is 5.25. The van der Waals surface area contributed by atoms with Crippen LogP contribution in [0.4, 0.5) is 0 Å². The fourth-order valence-corrected chi connectivity index (χ4v) is 2.89. The lowest BCUT2D eigenvalue weighted by atomic mass is 9.98. The van der Waals surface area contributed by atoms with Crippen molar-refractivity contribution in [2.24, 2.45) is 4.99 Å². The van der Waals surface area contributed by atoms with Crippen molar-refractivity contribution in [3.05, 3.63) is 29.8 Å². The monoisotopic (exact) mass is 460 g/mol. The van der Waals surface area contributed by atoms with E-state index in [1.165, 1.54) is 5.56 Å². The number of methoxy groups -OCH3 is 1. The highest BCUT2D eigenvalue weighted by Gasteiger charge is 2.27. The van der Waals surface area contributed by atoms with Crippen molar-refractivity contribution in [1.82, 2.24) is 15.1 Å². The van der Waals surface area contributed by atoms with Crippen LogP contribution in [0.25, 0.3) is 0 Å². The van der Waals surface area contributed by atoms with Crippen LogP contribution >= 0.6 is 24.0 Å². The summed E-state index contributed by atoms with van der Waals surface area (Å²) in [5.74, 6) is 2.47. The standard InChI is InChI=1S/C19H32N4O.HI/c1-19(2,22(4)5)14-21-18(20-3)23-12-11-16(13-23)15-7-9-17(24-6)10-8-15;/h7-10,16H,11-14H2,1-6H3,(H,20,21);1H. The molecule has 0 spiro atoms. The van der Waals surface area contributed by atoms with Crippen LogP contribution in [0.2, 0.25) is 0 Å². The third-order valence-corrected chi connectivity index (χ3v) is 5.18. The van der Waals surface area contributed by atoms with Crippen LogP contribution in [0, 0.1) is 0 Å². The number of nitrogens with zero attached hydrogens (tertiary/aromatic N) is 3. The molecule has 1 heterocycles. The van der Waals surface area contributed by atoms with Crippen molar-refractivity contribution in [1.29, 1.82) is 0 Å². The van der Waals surface area contributed by atoms with Crippen molar-refractivity contribution < 1.29 is 4.74 Å². The maximum atomic E-state index is 5.25. The van der Waals surface area contributed by atoms with Gasteiger partial charge in [0.2, 0.25) is 0 Å². The third kappa shape index (κ3) is 5.74. The molecule has 25 heavy (non-hydrogen) atoms. The topological polar surface area (TPSA) is 40.1 Å². The summed E-state index contributed by atoms with van der Waals surface area (Å²) in [5, 5.41) is 3.54. The second-order valence-corrected chi connectivity index (χ2v) is 7.31. The Hall–Kier alpha value is -1.02. The van der Waals surface area contributed by atoms with E-state index in [1.807, 2.05) is 19.2 Å². The molecule has 0 radical (unpaired) electrons. The van der Waals surface area contributed by atoms with Gasteiger partial charge in [0.1, 0.15) is 5.75 Å². The highest BCUT2D eigenvalue weighted by Crippen LogP contribution is 2.28. The van der Waals surface area contributed by atoms with E-state index in [1.54, 1.807) is 7.11 Å². The normalized spacial score (nSPS) is 18.3. The molecule has 142 valence electrons. The zero-order chi connectivity index (χ0) is 17.7. The summed E-state index contributed by atoms with van der Waals surface area (Å²) in [7, 11) is 7.79. The van der Waals surface area contributed by atoms with Gasteiger partial charge < -0.3 is 19.9 Å². The first-order valence-electron chi connectivity index (χ1n) is 8.64. The van der Waals surface area contributed by atoms with Crippen LogP contribution in [-0.4, -0.2) is 69.2 Å². The van der Waals surface area contributed by atoms with E-state index >= 15 is 0 Å². The molecule has 1 N–H and O–H groups in total. The van der Waals surface area contributed by atoms with E-state index in [0.29, 0.717) is 5.92 Å². The van der Waals surface area contributed by atoms with Crippen LogP contribution in [0.15, 0.2) is 29.3 Å². The van der Waals surface area contributed by atoms with Crippen LogP contribution in [0.3, 0.4) is 0 Å². The molecule has 0 amide bonds. The van der Waals surface area contributed by atoms with Gasteiger partial charge in [-0.3, -0.25) is 4.99 Å². The highest BCUT2D eigenvalue weighted by molar-refractivity contribution is 14.0. The molecule has 0 saturated carbocycles. The van der Waals surface area contributed by atoms with Crippen molar-refractivity contribution in [2.75, 3.05) is 47.9 Å². The Bertz CT molecular complexity index is 557. The molecule has 2 rings (SSSR count). The molecule has 1 atom stereocenters. The number of hydrogen-bond acceptors (Lipinski definition) is 3. The predicted molar refractivity (Wildman–Crippen MR) is 116 cm³/mol. The Labute approximate surface area is 169 Å². The van der Waals surface area contributed by atoms with Gasteiger partial charge in [-0.2, -0.15) is 0 Å². The molecule has 1 saturated heterocycles. The molecule has 0 aliphatic carbocycles. The Balaban J connectivity index is 0.00000312. The molecule has 1 aliphatic rings. The fourth-order valence-electron chi connectivity index (χ4n) is 2.89. The van der Waals surface area contributed by atoms with Crippen LogP contribution in [0.1, 0.15) is 31.7 Å². The molecule has 1 aliphatic heterocycles. The van der Waals surface area contributed by atoms with Gasteiger partial charge >= 0.3 is 0 Å². The number of rotatable bonds is 5. The Morgan fingerprint density at radius 3 is 2.48 bits per heavy atom. The highest BCUT2D eigenvalue weighted by atomic mass is 127. The van der Waals surface area contributed by atoms with Crippen molar-refractivity contribution in [3.8, 4) is 5.75 Å². The summed E-state index contributed by atoms with van der Waals surface area (Å²) in [4.78, 5) is 9.08. The molecule has 0 aromatic heterocycles. The molecule has 1 aromatic rings. The number of ether oxygens (including phenoxy) is 1. The lowest BCUT2D eigenvalue weighted by Crippen LogP contribution is -2.51. The Morgan fingerprint density at radius 2 is 1.96 bits per heavy atom. The van der Waals surface area contributed by atoms with Gasteiger partial charge in [0.25, 0.3) is 0 Å². The van der Waals surface area contributed by atoms with Gasteiger partial charge in [-0.25, -0.2) is 0 Å². The average molecular weight is 460 g/mol. The van der Waals surface area contributed by atoms with E-state index in [-0.39, 0.29) is 29.5 Å². The number of halogens is 1. The zero-order valence-corrected chi connectivity index (χ0v) is 18.7. The fraction of sp³-hybridized carbons (Fsp3) is 0.632. The molecule has 0 bridgehead atoms. The summed E-state index contributed by atoms with van der Waals surface area (Å²) in [5.41, 5.74) is 1.47. The summed E-state index contributed by atoms with van der Waals surface area (Å²) in [6.45, 7) is 7.39. The van der Waals surface area contributed by atoms with Crippen LogP contribution < -0.4 is 10.1 Å². The van der Waals surface area contributed by atoms with Gasteiger partial charge in [0, 0.05) is 38.1 Å². The summed E-state index contributed by atoms with van der Waals surface area (Å²) < 4.78 is 5.25. The summed E-state index contributed by atoms with van der Waals surface area (Å²) in [6.07, 6.45) is 1.16. The van der Waals surface area contributed by atoms with Gasteiger partial charge in [-0.1, -0.05) is 12.1 Å². The smallest absolute Gasteiger partial charge is 0.193 e. The van der Waals surface area contributed by atoms with Gasteiger partial charge in [-0.15, -0.1) is 24.0 Å². The Morgan fingerprint density at radius 1 is 1.32 bits per heavy atom. The number of likely N-dealkylation sites (N-methyl/N-ethyl adjacent to an activating group) is 1. The quantitative estimate of drug-likeness (QED) is 0.417. The molecule has 1 unspecified atom stereocenters. The minimum absolute atomic E-state index is 0. The molecule has 1 fully saturated rings. The number of hydrogen-bond donors (Lipinski definition) is 1. The predicted octanol–water partition coefficient (Wildman–Crippen LogP) is 3.02. The number of aliphatic imine (C=N–C) groups is 1. The van der Waals surface area contributed by atoms with Crippen molar-refractivity contribution in [3.63, 3.8) is 0 Å². The zero-order valence-electron chi connectivity index (χ0n) is 16.4. The van der Waals surface area contributed by atoms with Crippen LogP contribution in [-0.2, 0) is 0 Å². The lowest BCUT2D eigenvalue weighted by Gasteiger charge is -2.34. The van der Waals surface area contributed by atoms with E-state index in [0.717, 1.165) is 37.8 Å². The van der Waals surface area contributed by atoms with Gasteiger partial charge in [0.15, 0.2) is 5.96 Å².